The number of nitrogens with one attached hydrogen (secondary N) is 1. The monoisotopic (exact) mass is 230 g/mol. The van der Waals surface area contributed by atoms with E-state index in [-0.39, 0.29) is 6.04 Å². The Morgan fingerprint density at radius 3 is 2.82 bits per heavy atom. The summed E-state index contributed by atoms with van der Waals surface area (Å²) < 4.78 is 5.36. The molecule has 0 spiro atoms. The molecular weight excluding hydrogens is 212 g/mol. The van der Waals surface area contributed by atoms with Crippen LogP contribution in [0.25, 0.3) is 0 Å². The molecule has 0 radical (unpaired) electrons. The minimum Gasteiger partial charge on any atom is -0.468 e. The molecule has 1 aromatic heterocycles. The molecule has 0 bridgehead atoms. The molecule has 1 heterocycles. The lowest BCUT2D eigenvalue weighted by Crippen LogP contribution is -2.28. The van der Waals surface area contributed by atoms with Crippen LogP contribution in [-0.2, 0) is 6.42 Å². The highest BCUT2D eigenvalue weighted by Gasteiger charge is 2.12. The first-order chi connectivity index (χ1) is 8.29. The Hall–Kier alpha value is -1.58. The summed E-state index contributed by atoms with van der Waals surface area (Å²) in [4.78, 5) is 0. The summed E-state index contributed by atoms with van der Waals surface area (Å²) in [6.45, 7) is 2.11. The number of hydrogen-bond acceptors (Lipinski definition) is 3. The number of hydrazine groups is 1. The molecule has 3 heteroatoms. The molecule has 1 aromatic carbocycles. The third-order valence-corrected chi connectivity index (χ3v) is 2.89. The number of rotatable bonds is 5. The molecule has 0 aliphatic rings. The SMILES string of the molecule is Cc1cccc(CCC(NN)c2ccco2)c1. The summed E-state index contributed by atoms with van der Waals surface area (Å²) in [7, 11) is 0. The fourth-order valence-corrected chi connectivity index (χ4v) is 1.98. The minimum absolute atomic E-state index is 0.0745. The van der Waals surface area contributed by atoms with Gasteiger partial charge in [-0.2, -0.15) is 0 Å². The molecule has 0 aliphatic heterocycles. The highest BCUT2D eigenvalue weighted by atomic mass is 16.3. The van der Waals surface area contributed by atoms with Crippen LogP contribution in [0.5, 0.6) is 0 Å². The van der Waals surface area contributed by atoms with Crippen molar-refractivity contribution in [2.75, 3.05) is 0 Å². The van der Waals surface area contributed by atoms with E-state index in [4.69, 9.17) is 10.3 Å². The normalized spacial score (nSPS) is 12.6. The predicted molar refractivity (Wildman–Crippen MR) is 68.3 cm³/mol. The zero-order valence-electron chi connectivity index (χ0n) is 10.0. The maximum atomic E-state index is 5.55. The lowest BCUT2D eigenvalue weighted by Gasteiger charge is -2.13. The van der Waals surface area contributed by atoms with E-state index in [9.17, 15) is 0 Å². The Balaban J connectivity index is 1.97. The van der Waals surface area contributed by atoms with Gasteiger partial charge in [-0.15, -0.1) is 0 Å². The van der Waals surface area contributed by atoms with E-state index in [0.717, 1.165) is 18.6 Å². The zero-order valence-corrected chi connectivity index (χ0v) is 10.0. The second kappa shape index (κ2) is 5.66. The van der Waals surface area contributed by atoms with Crippen molar-refractivity contribution in [3.63, 3.8) is 0 Å². The average molecular weight is 230 g/mol. The van der Waals surface area contributed by atoms with E-state index in [0.29, 0.717) is 0 Å². The van der Waals surface area contributed by atoms with Crippen molar-refractivity contribution >= 4 is 0 Å². The summed E-state index contributed by atoms with van der Waals surface area (Å²) in [6, 6.07) is 12.4. The van der Waals surface area contributed by atoms with Crippen LogP contribution in [0.3, 0.4) is 0 Å². The van der Waals surface area contributed by atoms with Gasteiger partial charge in [0.15, 0.2) is 0 Å². The summed E-state index contributed by atoms with van der Waals surface area (Å²) in [6.07, 6.45) is 3.58. The van der Waals surface area contributed by atoms with E-state index >= 15 is 0 Å². The van der Waals surface area contributed by atoms with Crippen LogP contribution in [0.2, 0.25) is 0 Å². The van der Waals surface area contributed by atoms with Crippen LogP contribution >= 0.6 is 0 Å². The molecule has 17 heavy (non-hydrogen) atoms. The van der Waals surface area contributed by atoms with Crippen LogP contribution in [0.15, 0.2) is 47.1 Å². The summed E-state index contributed by atoms with van der Waals surface area (Å²) in [5.41, 5.74) is 5.42. The molecule has 2 rings (SSSR count). The Morgan fingerprint density at radius 1 is 1.29 bits per heavy atom. The number of benzene rings is 1. The fourth-order valence-electron chi connectivity index (χ4n) is 1.98. The highest BCUT2D eigenvalue weighted by Crippen LogP contribution is 2.19. The molecule has 0 saturated heterocycles. The van der Waals surface area contributed by atoms with Crippen LogP contribution in [0, 0.1) is 6.92 Å². The Bertz CT molecular complexity index is 451. The first kappa shape index (κ1) is 11.9. The number of furan rings is 1. The topological polar surface area (TPSA) is 51.2 Å². The van der Waals surface area contributed by atoms with E-state index in [1.807, 2.05) is 12.1 Å². The molecule has 3 N–H and O–H groups in total. The maximum absolute atomic E-state index is 5.55. The lowest BCUT2D eigenvalue weighted by atomic mass is 10.0. The van der Waals surface area contributed by atoms with Gasteiger partial charge in [-0.25, -0.2) is 5.43 Å². The van der Waals surface area contributed by atoms with E-state index in [2.05, 4.69) is 36.6 Å². The molecule has 0 saturated carbocycles. The quantitative estimate of drug-likeness (QED) is 0.613. The third kappa shape index (κ3) is 3.19. The second-order valence-corrected chi connectivity index (χ2v) is 4.26. The molecule has 0 aliphatic carbocycles. The van der Waals surface area contributed by atoms with Crippen molar-refractivity contribution in [2.45, 2.75) is 25.8 Å². The van der Waals surface area contributed by atoms with Crippen molar-refractivity contribution < 1.29 is 4.42 Å². The van der Waals surface area contributed by atoms with Crippen molar-refractivity contribution in [3.8, 4) is 0 Å². The van der Waals surface area contributed by atoms with Crippen LogP contribution < -0.4 is 11.3 Å². The van der Waals surface area contributed by atoms with Crippen molar-refractivity contribution in [1.29, 1.82) is 0 Å². The second-order valence-electron chi connectivity index (χ2n) is 4.26. The first-order valence-corrected chi connectivity index (χ1v) is 5.84. The molecular formula is C14H18N2O. The smallest absolute Gasteiger partial charge is 0.122 e. The van der Waals surface area contributed by atoms with E-state index in [1.165, 1.54) is 11.1 Å². The van der Waals surface area contributed by atoms with Gasteiger partial charge in [0, 0.05) is 0 Å². The predicted octanol–water partition coefficient (Wildman–Crippen LogP) is 2.73. The molecule has 1 atom stereocenters. The third-order valence-electron chi connectivity index (χ3n) is 2.89. The molecule has 3 nitrogen and oxygen atoms in total. The average Bonchev–Trinajstić information content (AvgIpc) is 2.84. The van der Waals surface area contributed by atoms with Crippen LogP contribution in [0.1, 0.15) is 29.3 Å². The van der Waals surface area contributed by atoms with E-state index < -0.39 is 0 Å². The van der Waals surface area contributed by atoms with Gasteiger partial charge in [-0.05, 0) is 37.5 Å². The zero-order chi connectivity index (χ0) is 12.1. The van der Waals surface area contributed by atoms with Gasteiger partial charge in [0.1, 0.15) is 5.76 Å². The largest absolute Gasteiger partial charge is 0.468 e. The van der Waals surface area contributed by atoms with Crippen LogP contribution in [-0.4, -0.2) is 0 Å². The standard InChI is InChI=1S/C14H18N2O/c1-11-4-2-5-12(10-11)7-8-13(16-15)14-6-3-9-17-14/h2-6,9-10,13,16H,7-8,15H2,1H3. The molecule has 0 amide bonds. The lowest BCUT2D eigenvalue weighted by molar-refractivity contribution is 0.401. The summed E-state index contributed by atoms with van der Waals surface area (Å²) in [5.74, 6) is 6.44. The Kier molecular flexibility index (Phi) is 3.96. The van der Waals surface area contributed by atoms with Gasteiger partial charge >= 0.3 is 0 Å². The first-order valence-electron chi connectivity index (χ1n) is 5.84. The van der Waals surface area contributed by atoms with Gasteiger partial charge in [-0.1, -0.05) is 29.8 Å². The molecule has 90 valence electrons. The summed E-state index contributed by atoms with van der Waals surface area (Å²) in [5, 5.41) is 0. The number of nitrogens with two attached hydrogens (primary N) is 1. The summed E-state index contributed by atoms with van der Waals surface area (Å²) >= 11 is 0. The van der Waals surface area contributed by atoms with Crippen molar-refractivity contribution in [3.05, 3.63) is 59.5 Å². The highest BCUT2D eigenvalue weighted by molar-refractivity contribution is 5.22. The van der Waals surface area contributed by atoms with Gasteiger partial charge < -0.3 is 4.42 Å². The van der Waals surface area contributed by atoms with Crippen molar-refractivity contribution in [2.24, 2.45) is 5.84 Å². The number of hydrogen-bond donors (Lipinski definition) is 2. The fraction of sp³-hybridized carbons (Fsp3) is 0.286. The number of aryl methyl sites for hydroxylation is 2. The van der Waals surface area contributed by atoms with Gasteiger partial charge in [0.05, 0.1) is 12.3 Å². The Morgan fingerprint density at radius 2 is 2.18 bits per heavy atom. The van der Waals surface area contributed by atoms with Gasteiger partial charge in [0.25, 0.3) is 0 Å². The van der Waals surface area contributed by atoms with Gasteiger partial charge in [-0.3, -0.25) is 5.84 Å². The molecule has 2 aromatic rings. The Labute approximate surface area is 102 Å². The molecule has 1 unspecified atom stereocenters. The maximum Gasteiger partial charge on any atom is 0.122 e. The minimum atomic E-state index is 0.0745. The molecule has 0 fully saturated rings. The van der Waals surface area contributed by atoms with Gasteiger partial charge in [0.2, 0.25) is 0 Å². The van der Waals surface area contributed by atoms with Crippen molar-refractivity contribution in [1.82, 2.24) is 5.43 Å². The van der Waals surface area contributed by atoms with Crippen LogP contribution in [0.4, 0.5) is 0 Å². The van der Waals surface area contributed by atoms with E-state index in [1.54, 1.807) is 6.26 Å².